The third-order valence-corrected chi connectivity index (χ3v) is 5.77. The third-order valence-electron chi connectivity index (χ3n) is 5.27. The van der Waals surface area contributed by atoms with E-state index in [-0.39, 0.29) is 11.3 Å². The Morgan fingerprint density at radius 1 is 1.39 bits per heavy atom. The van der Waals surface area contributed by atoms with Crippen molar-refractivity contribution in [3.05, 3.63) is 47.8 Å². The number of hydrogen-bond acceptors (Lipinski definition) is 7. The van der Waals surface area contributed by atoms with E-state index in [1.807, 2.05) is 0 Å². The fraction of sp³-hybridized carbons (Fsp3) is 0.409. The highest BCUT2D eigenvalue weighted by Crippen LogP contribution is 2.31. The van der Waals surface area contributed by atoms with E-state index in [1.165, 1.54) is 12.7 Å². The number of nitrogens with zero attached hydrogens (tertiary/aromatic N) is 1. The van der Waals surface area contributed by atoms with Crippen LogP contribution in [0.25, 0.3) is 16.5 Å². The van der Waals surface area contributed by atoms with E-state index in [9.17, 15) is 18.3 Å². The zero-order valence-electron chi connectivity index (χ0n) is 18.0. The highest BCUT2D eigenvalue weighted by molar-refractivity contribution is 7.86. The van der Waals surface area contributed by atoms with Crippen LogP contribution >= 0.6 is 0 Å². The molecule has 0 aliphatic carbocycles. The Kier molecular flexibility index (Phi) is 6.76. The number of ether oxygens (including phenoxy) is 1. The van der Waals surface area contributed by atoms with Gasteiger partial charge >= 0.3 is 16.1 Å². The third kappa shape index (κ3) is 5.48. The van der Waals surface area contributed by atoms with Crippen LogP contribution in [0.2, 0.25) is 0 Å². The number of aliphatic hydroxyl groups is 1. The Hall–Kier alpha value is -2.78. The second kappa shape index (κ2) is 9.15. The highest BCUT2D eigenvalue weighted by Gasteiger charge is 2.22. The van der Waals surface area contributed by atoms with Crippen LogP contribution in [-0.2, 0) is 26.1 Å². The molecule has 8 nitrogen and oxygen atoms in total. The predicted octanol–water partition coefficient (Wildman–Crippen LogP) is 2.60. The molecule has 1 aromatic carbocycles. The quantitative estimate of drug-likeness (QED) is 0.363. The van der Waals surface area contributed by atoms with E-state index in [0.29, 0.717) is 37.1 Å². The van der Waals surface area contributed by atoms with Crippen molar-refractivity contribution in [1.82, 2.24) is 9.88 Å². The number of aliphatic hydroxyl groups excluding tert-OH is 1. The molecular weight excluding hydrogens is 420 g/mol. The number of esters is 1. The maximum Gasteiger partial charge on any atom is 0.339 e. The van der Waals surface area contributed by atoms with Gasteiger partial charge in [-0.1, -0.05) is 19.1 Å². The number of methoxy groups -OCH3 is 1. The van der Waals surface area contributed by atoms with Crippen LogP contribution < -0.4 is 4.18 Å². The predicted molar refractivity (Wildman–Crippen MR) is 119 cm³/mol. The minimum absolute atomic E-state index is 0.174. The average molecular weight is 449 g/mol. The summed E-state index contributed by atoms with van der Waals surface area (Å²) in [5, 5.41) is 11.0. The number of fused-ring (bicyclic) bond motifs is 1. The molecule has 168 valence electrons. The number of benzene rings is 1. The summed E-state index contributed by atoms with van der Waals surface area (Å²) >= 11 is 0. The molecule has 2 aromatic rings. The first-order valence-corrected chi connectivity index (χ1v) is 11.9. The molecule has 0 saturated heterocycles. The molecule has 2 N–H and O–H groups in total. The Bertz CT molecular complexity index is 1130. The molecule has 0 radical (unpaired) electrons. The molecule has 2 heterocycles. The smallest absolute Gasteiger partial charge is 0.339 e. The number of nitrogens with one attached hydrogen (secondary N) is 1. The summed E-state index contributed by atoms with van der Waals surface area (Å²) in [6.45, 7) is 7.12. The summed E-state index contributed by atoms with van der Waals surface area (Å²) in [4.78, 5) is 17.4. The summed E-state index contributed by atoms with van der Waals surface area (Å²) in [7, 11) is -2.37. The molecule has 0 fully saturated rings. The first-order valence-electron chi connectivity index (χ1n) is 10.0. The molecule has 1 aliphatic rings. The highest BCUT2D eigenvalue weighted by atomic mass is 32.2. The largest absolute Gasteiger partial charge is 0.465 e. The van der Waals surface area contributed by atoms with Crippen molar-refractivity contribution in [1.29, 1.82) is 0 Å². The molecule has 1 aromatic heterocycles. The van der Waals surface area contributed by atoms with Crippen molar-refractivity contribution in [3.8, 4) is 5.75 Å². The van der Waals surface area contributed by atoms with Gasteiger partial charge < -0.3 is 23.9 Å². The average Bonchev–Trinajstić information content (AvgIpc) is 3.07. The number of H-pyrrole nitrogens is 1. The first kappa shape index (κ1) is 22.9. The van der Waals surface area contributed by atoms with E-state index in [0.717, 1.165) is 23.6 Å². The van der Waals surface area contributed by atoms with E-state index in [4.69, 9.17) is 8.92 Å². The van der Waals surface area contributed by atoms with Crippen molar-refractivity contribution in [2.45, 2.75) is 32.3 Å². The summed E-state index contributed by atoms with van der Waals surface area (Å²) in [5.74, 6) is -0.380. The number of carbonyl (C=O) groups is 1. The minimum Gasteiger partial charge on any atom is -0.465 e. The Labute approximate surface area is 182 Å². The molecule has 0 unspecified atom stereocenters. The van der Waals surface area contributed by atoms with E-state index >= 15 is 0 Å². The van der Waals surface area contributed by atoms with Crippen molar-refractivity contribution in [2.75, 3.05) is 26.5 Å². The maximum absolute atomic E-state index is 12.1. The Morgan fingerprint density at radius 2 is 2.13 bits per heavy atom. The van der Waals surface area contributed by atoms with Crippen LogP contribution in [0.3, 0.4) is 0 Å². The van der Waals surface area contributed by atoms with Gasteiger partial charge in [-0.3, -0.25) is 0 Å². The molecule has 1 aliphatic heterocycles. The normalized spacial score (nSPS) is 16.8. The summed E-state index contributed by atoms with van der Waals surface area (Å²) < 4.78 is 32.7. The zero-order chi connectivity index (χ0) is 22.8. The lowest BCUT2D eigenvalue weighted by molar-refractivity contribution is -0.133. The first-order chi connectivity index (χ1) is 14.6. The van der Waals surface area contributed by atoms with Crippen LogP contribution in [0.5, 0.6) is 5.75 Å². The van der Waals surface area contributed by atoms with Crippen molar-refractivity contribution in [3.63, 3.8) is 0 Å². The molecule has 1 atom stereocenters. The van der Waals surface area contributed by atoms with Crippen molar-refractivity contribution in [2.24, 2.45) is 0 Å². The molecule has 0 bridgehead atoms. The van der Waals surface area contributed by atoms with Gasteiger partial charge in [0.25, 0.3) is 0 Å². The summed E-state index contributed by atoms with van der Waals surface area (Å²) in [5.41, 5.74) is 3.40. The van der Waals surface area contributed by atoms with Crippen LogP contribution in [0.4, 0.5) is 0 Å². The van der Waals surface area contributed by atoms with Crippen molar-refractivity contribution >= 4 is 32.6 Å². The minimum atomic E-state index is -3.66. The standard InChI is InChI=1S/C22H28N2O6S/c1-5-15-10-16(25)13-24(12-15)9-8-19-18-7-6-17(30-31(4,27)28)11-20(18)23-21(19)14(2)22(26)29-3/h6-7,11-12,16,23,25H,2,5,8-10,13H2,1,3-4H3/t16-/m0/s1. The molecule has 3 rings (SSSR count). The van der Waals surface area contributed by atoms with Gasteiger partial charge in [0.15, 0.2) is 0 Å². The SMILES string of the molecule is C=C(C(=O)OC)c1[nH]c2cc(OS(C)(=O)=O)ccc2c1CCN1C=C(CC)C[C@H](O)C1. The zero-order valence-corrected chi connectivity index (χ0v) is 18.8. The van der Waals surface area contributed by atoms with Gasteiger partial charge in [-0.25, -0.2) is 4.79 Å². The van der Waals surface area contributed by atoms with E-state index in [2.05, 4.69) is 29.6 Å². The lowest BCUT2D eigenvalue weighted by Crippen LogP contribution is -2.34. The van der Waals surface area contributed by atoms with Gasteiger partial charge in [-0.05, 0) is 43.2 Å². The van der Waals surface area contributed by atoms with Crippen LogP contribution in [0.1, 0.15) is 31.0 Å². The van der Waals surface area contributed by atoms with Crippen LogP contribution in [0.15, 0.2) is 36.6 Å². The number of aromatic nitrogens is 1. The lowest BCUT2D eigenvalue weighted by Gasteiger charge is -2.30. The number of rotatable bonds is 8. The number of hydrogen-bond donors (Lipinski definition) is 2. The van der Waals surface area contributed by atoms with E-state index < -0.39 is 22.2 Å². The topological polar surface area (TPSA) is 109 Å². The maximum atomic E-state index is 12.1. The van der Waals surface area contributed by atoms with Gasteiger partial charge in [0, 0.05) is 30.1 Å². The number of β-amino-alcohol motifs (C(OH)–C–C–N with tert-alkyl or cyclic N) is 1. The monoisotopic (exact) mass is 448 g/mol. The lowest BCUT2D eigenvalue weighted by atomic mass is 10.0. The van der Waals surface area contributed by atoms with Gasteiger partial charge in [-0.2, -0.15) is 8.42 Å². The van der Waals surface area contributed by atoms with Gasteiger partial charge in [0.2, 0.25) is 0 Å². The Balaban J connectivity index is 1.97. The molecular formula is C22H28N2O6S. The van der Waals surface area contributed by atoms with Gasteiger partial charge in [0.05, 0.1) is 30.7 Å². The van der Waals surface area contributed by atoms with Gasteiger partial charge in [0.1, 0.15) is 5.75 Å². The van der Waals surface area contributed by atoms with Crippen LogP contribution in [0, 0.1) is 0 Å². The van der Waals surface area contributed by atoms with Gasteiger partial charge in [-0.15, -0.1) is 0 Å². The molecule has 31 heavy (non-hydrogen) atoms. The molecule has 0 amide bonds. The molecule has 0 saturated carbocycles. The van der Waals surface area contributed by atoms with Crippen LogP contribution in [-0.4, -0.2) is 61.9 Å². The second-order valence-corrected chi connectivity index (χ2v) is 9.26. The van der Waals surface area contributed by atoms with Crippen molar-refractivity contribution < 1.29 is 27.2 Å². The Morgan fingerprint density at radius 3 is 2.77 bits per heavy atom. The summed E-state index contributed by atoms with van der Waals surface area (Å²) in [6, 6.07) is 4.91. The molecule has 0 spiro atoms. The summed E-state index contributed by atoms with van der Waals surface area (Å²) in [6.07, 6.45) is 4.82. The fourth-order valence-electron chi connectivity index (χ4n) is 3.85. The number of carbonyl (C=O) groups excluding carboxylic acids is 1. The number of aromatic amines is 1. The van der Waals surface area contributed by atoms with E-state index in [1.54, 1.807) is 18.2 Å². The molecule has 9 heteroatoms. The second-order valence-electron chi connectivity index (χ2n) is 7.69. The fourth-order valence-corrected chi connectivity index (χ4v) is 4.31.